The molecule has 22 heavy (non-hydrogen) atoms. The molecule has 2 aliphatic heterocycles. The molecule has 0 radical (unpaired) electrons. The molecule has 0 aromatic rings. The molecule has 2 atom stereocenters. The van der Waals surface area contributed by atoms with Gasteiger partial charge in [-0.25, -0.2) is 0 Å². The minimum atomic E-state index is 0.166. The number of amides is 2. The van der Waals surface area contributed by atoms with Crippen molar-refractivity contribution in [2.75, 3.05) is 13.1 Å². The van der Waals surface area contributed by atoms with E-state index in [1.165, 1.54) is 22.0 Å². The summed E-state index contributed by atoms with van der Waals surface area (Å²) in [7, 11) is 2.95. The Labute approximate surface area is 142 Å². The minimum absolute atomic E-state index is 0.166. The van der Waals surface area contributed by atoms with Gasteiger partial charge in [-0.1, -0.05) is 26.7 Å². The number of rotatable bonds is 5. The Morgan fingerprint density at radius 3 is 1.59 bits per heavy atom. The third-order valence-electron chi connectivity index (χ3n) is 4.72. The predicted molar refractivity (Wildman–Crippen MR) is 93.9 cm³/mol. The highest BCUT2D eigenvalue weighted by Gasteiger charge is 2.30. The SMILES string of the molecule is CCC1CCCCN(SSN2CCCCC(CC)C2=O)C1=O. The summed E-state index contributed by atoms with van der Waals surface area (Å²) in [6, 6.07) is 0. The summed E-state index contributed by atoms with van der Waals surface area (Å²) in [6.07, 6.45) is 8.26. The van der Waals surface area contributed by atoms with Crippen molar-refractivity contribution in [3.05, 3.63) is 0 Å². The van der Waals surface area contributed by atoms with Gasteiger partial charge in [0.2, 0.25) is 11.8 Å². The van der Waals surface area contributed by atoms with Crippen LogP contribution in [0.4, 0.5) is 0 Å². The Kier molecular flexibility index (Phi) is 7.41. The van der Waals surface area contributed by atoms with Crippen molar-refractivity contribution in [2.24, 2.45) is 11.8 Å². The van der Waals surface area contributed by atoms with Crippen LogP contribution in [0.25, 0.3) is 0 Å². The van der Waals surface area contributed by atoms with E-state index in [0.717, 1.165) is 64.5 Å². The van der Waals surface area contributed by atoms with Crippen LogP contribution < -0.4 is 0 Å². The van der Waals surface area contributed by atoms with Gasteiger partial charge in [0.15, 0.2) is 0 Å². The first-order valence-corrected chi connectivity index (χ1v) is 10.7. The average molecular weight is 345 g/mol. The number of carbonyl (C=O) groups is 2. The van der Waals surface area contributed by atoms with Crippen molar-refractivity contribution in [3.8, 4) is 0 Å². The topological polar surface area (TPSA) is 40.6 Å². The van der Waals surface area contributed by atoms with Gasteiger partial charge < -0.3 is 0 Å². The van der Waals surface area contributed by atoms with E-state index >= 15 is 0 Å². The summed E-state index contributed by atoms with van der Waals surface area (Å²) in [5.74, 6) is 0.844. The Morgan fingerprint density at radius 1 is 0.818 bits per heavy atom. The maximum atomic E-state index is 12.5. The molecule has 0 bridgehead atoms. The molecule has 126 valence electrons. The van der Waals surface area contributed by atoms with E-state index in [-0.39, 0.29) is 23.7 Å². The maximum Gasteiger partial charge on any atom is 0.236 e. The van der Waals surface area contributed by atoms with Gasteiger partial charge in [0.05, 0.1) is 0 Å². The molecule has 4 nitrogen and oxygen atoms in total. The third kappa shape index (κ3) is 4.57. The van der Waals surface area contributed by atoms with Crippen LogP contribution in [0.3, 0.4) is 0 Å². The monoisotopic (exact) mass is 344 g/mol. The first-order chi connectivity index (χ1) is 10.7. The third-order valence-corrected chi connectivity index (χ3v) is 7.15. The fraction of sp³-hybridized carbons (Fsp3) is 0.875. The highest BCUT2D eigenvalue weighted by atomic mass is 33.1. The number of hydrogen-bond donors (Lipinski definition) is 0. The zero-order chi connectivity index (χ0) is 15.9. The summed E-state index contributed by atoms with van der Waals surface area (Å²) in [4.78, 5) is 25.0. The van der Waals surface area contributed by atoms with Crippen molar-refractivity contribution >= 4 is 33.8 Å². The highest BCUT2D eigenvalue weighted by molar-refractivity contribution is 8.75. The molecule has 2 heterocycles. The second-order valence-corrected chi connectivity index (χ2v) is 8.31. The smallest absolute Gasteiger partial charge is 0.236 e. The van der Waals surface area contributed by atoms with Crippen molar-refractivity contribution in [3.63, 3.8) is 0 Å². The number of hydrogen-bond acceptors (Lipinski definition) is 4. The standard InChI is InChI=1S/C16H28N2O2S2/c1-3-13-9-5-7-11-17(15(13)19)21-22-18-12-8-6-10-14(4-2)16(18)20/h13-14H,3-12H2,1-2H3. The van der Waals surface area contributed by atoms with E-state index in [9.17, 15) is 9.59 Å². The van der Waals surface area contributed by atoms with Gasteiger partial charge in [0.25, 0.3) is 0 Å². The van der Waals surface area contributed by atoms with Gasteiger partial charge in [0, 0.05) is 46.9 Å². The molecule has 2 aliphatic rings. The lowest BCUT2D eigenvalue weighted by atomic mass is 10.0. The van der Waals surface area contributed by atoms with Gasteiger partial charge in [0.1, 0.15) is 0 Å². The fourth-order valence-corrected chi connectivity index (χ4v) is 5.54. The van der Waals surface area contributed by atoms with E-state index in [2.05, 4.69) is 13.8 Å². The number of nitrogens with zero attached hydrogens (tertiary/aromatic N) is 2. The Morgan fingerprint density at radius 2 is 1.23 bits per heavy atom. The molecule has 0 N–H and O–H groups in total. The van der Waals surface area contributed by atoms with E-state index in [0.29, 0.717) is 0 Å². The molecule has 2 fully saturated rings. The molecule has 0 saturated carbocycles. The molecule has 2 rings (SSSR count). The second-order valence-electron chi connectivity index (χ2n) is 6.23. The second kappa shape index (κ2) is 9.06. The van der Waals surface area contributed by atoms with E-state index in [4.69, 9.17) is 0 Å². The van der Waals surface area contributed by atoms with E-state index in [1.54, 1.807) is 0 Å². The molecular weight excluding hydrogens is 316 g/mol. The van der Waals surface area contributed by atoms with Gasteiger partial charge in [-0.2, -0.15) is 0 Å². The Bertz CT molecular complexity index is 356. The van der Waals surface area contributed by atoms with Crippen LogP contribution >= 0.6 is 22.0 Å². The molecule has 2 amide bonds. The first kappa shape index (κ1) is 18.0. The molecule has 0 aromatic heterocycles. The minimum Gasteiger partial charge on any atom is -0.276 e. The predicted octanol–water partition coefficient (Wildman–Crippen LogP) is 4.28. The van der Waals surface area contributed by atoms with Crippen LogP contribution in [0.5, 0.6) is 0 Å². The molecule has 6 heteroatoms. The maximum absolute atomic E-state index is 12.5. The average Bonchev–Trinajstić information content (AvgIpc) is 2.81. The van der Waals surface area contributed by atoms with Crippen molar-refractivity contribution in [1.29, 1.82) is 0 Å². The summed E-state index contributed by atoms with van der Waals surface area (Å²) < 4.78 is 3.79. The van der Waals surface area contributed by atoms with Crippen LogP contribution in [0.2, 0.25) is 0 Å². The van der Waals surface area contributed by atoms with Crippen LogP contribution in [-0.2, 0) is 9.59 Å². The molecular formula is C16H28N2O2S2. The zero-order valence-corrected chi connectivity index (χ0v) is 15.4. The fourth-order valence-electron chi connectivity index (χ4n) is 3.15. The van der Waals surface area contributed by atoms with Gasteiger partial charge in [-0.15, -0.1) is 0 Å². The summed E-state index contributed by atoms with van der Waals surface area (Å²) >= 11 is 0. The van der Waals surface area contributed by atoms with Gasteiger partial charge >= 0.3 is 0 Å². The summed E-state index contributed by atoms with van der Waals surface area (Å²) in [5.41, 5.74) is 0. The summed E-state index contributed by atoms with van der Waals surface area (Å²) in [6.45, 7) is 5.81. The highest BCUT2D eigenvalue weighted by Crippen LogP contribution is 2.37. The van der Waals surface area contributed by atoms with Crippen molar-refractivity contribution < 1.29 is 9.59 Å². The normalized spacial score (nSPS) is 27.7. The molecule has 2 unspecified atom stereocenters. The van der Waals surface area contributed by atoms with Crippen LogP contribution in [0.1, 0.15) is 65.2 Å². The molecule has 0 aliphatic carbocycles. The quantitative estimate of drug-likeness (QED) is 0.551. The van der Waals surface area contributed by atoms with Crippen LogP contribution in [-0.4, -0.2) is 33.5 Å². The number of carbonyl (C=O) groups excluding carboxylic acids is 2. The molecule has 0 spiro atoms. The first-order valence-electron chi connectivity index (χ1n) is 8.64. The molecule has 2 saturated heterocycles. The Hall–Kier alpha value is -0.360. The lowest BCUT2D eigenvalue weighted by molar-refractivity contribution is -0.130. The van der Waals surface area contributed by atoms with Crippen molar-refractivity contribution in [2.45, 2.75) is 65.2 Å². The lowest BCUT2D eigenvalue weighted by Gasteiger charge is -2.26. The molecule has 0 aromatic carbocycles. The summed E-state index contributed by atoms with van der Waals surface area (Å²) in [5, 5.41) is 0. The van der Waals surface area contributed by atoms with Crippen LogP contribution in [0.15, 0.2) is 0 Å². The largest absolute Gasteiger partial charge is 0.276 e. The zero-order valence-electron chi connectivity index (χ0n) is 13.8. The van der Waals surface area contributed by atoms with Gasteiger partial charge in [-0.3, -0.25) is 18.2 Å². The van der Waals surface area contributed by atoms with Gasteiger partial charge in [-0.05, 0) is 38.5 Å². The van der Waals surface area contributed by atoms with E-state index in [1.807, 2.05) is 8.61 Å². The van der Waals surface area contributed by atoms with Crippen LogP contribution in [0, 0.1) is 11.8 Å². The lowest BCUT2D eigenvalue weighted by Crippen LogP contribution is -2.32. The van der Waals surface area contributed by atoms with E-state index < -0.39 is 0 Å². The Balaban J connectivity index is 1.92. The van der Waals surface area contributed by atoms with Crippen molar-refractivity contribution in [1.82, 2.24) is 8.61 Å².